The molecule has 0 spiro atoms. The van der Waals surface area contributed by atoms with Crippen LogP contribution in [-0.4, -0.2) is 40.1 Å². The molecular formula is C25H32N2O2. The topological polar surface area (TPSA) is 53.4 Å². The number of amides is 1. The molecule has 1 aromatic heterocycles. The molecule has 3 aliphatic carbocycles. The summed E-state index contributed by atoms with van der Waals surface area (Å²) < 4.78 is 0. The first kappa shape index (κ1) is 19.0. The van der Waals surface area contributed by atoms with E-state index in [0.717, 1.165) is 37.7 Å². The molecule has 0 saturated heterocycles. The highest BCUT2D eigenvalue weighted by Crippen LogP contribution is 2.64. The minimum absolute atomic E-state index is 0.0455. The monoisotopic (exact) mass is 392 g/mol. The van der Waals surface area contributed by atoms with Gasteiger partial charge in [0.15, 0.2) is 0 Å². The molecular weight excluding hydrogens is 360 g/mol. The fourth-order valence-electron chi connectivity index (χ4n) is 7.49. The second-order valence-corrected chi connectivity index (χ2v) is 10.3. The van der Waals surface area contributed by atoms with Crippen LogP contribution in [0.5, 0.6) is 0 Å². The van der Waals surface area contributed by atoms with Crippen LogP contribution in [0.4, 0.5) is 0 Å². The van der Waals surface area contributed by atoms with E-state index in [2.05, 4.69) is 37.0 Å². The van der Waals surface area contributed by atoms with Gasteiger partial charge in [-0.15, -0.1) is 0 Å². The van der Waals surface area contributed by atoms with Crippen LogP contribution < -0.4 is 0 Å². The van der Waals surface area contributed by atoms with Gasteiger partial charge in [-0.1, -0.05) is 32.1 Å². The summed E-state index contributed by atoms with van der Waals surface area (Å²) in [6.45, 7) is 4.68. The largest absolute Gasteiger partial charge is 0.393 e. The number of rotatable bonds is 1. The van der Waals surface area contributed by atoms with Crippen molar-refractivity contribution in [2.24, 2.45) is 28.6 Å². The number of likely N-dealkylation sites (N-methyl/N-ethyl adjacent to an activating group) is 1. The van der Waals surface area contributed by atoms with E-state index in [1.165, 1.54) is 5.57 Å². The van der Waals surface area contributed by atoms with Crippen LogP contribution in [0.2, 0.25) is 0 Å². The van der Waals surface area contributed by atoms with Gasteiger partial charge in [-0.25, -0.2) is 0 Å². The predicted octanol–water partition coefficient (Wildman–Crippen LogP) is 4.08. The molecule has 7 atom stereocenters. The third kappa shape index (κ3) is 2.68. The lowest BCUT2D eigenvalue weighted by atomic mass is 9.47. The average molecular weight is 393 g/mol. The third-order valence-corrected chi connectivity index (χ3v) is 8.95. The summed E-state index contributed by atoms with van der Waals surface area (Å²) in [5.74, 6) is 1.76. The minimum atomic E-state index is -0.170. The van der Waals surface area contributed by atoms with Crippen molar-refractivity contribution >= 4 is 12.0 Å². The molecule has 154 valence electrons. The number of pyridine rings is 1. The second-order valence-electron chi connectivity index (χ2n) is 10.3. The molecule has 0 bridgehead atoms. The quantitative estimate of drug-likeness (QED) is 0.784. The van der Waals surface area contributed by atoms with Crippen molar-refractivity contribution in [3.05, 3.63) is 47.8 Å². The second kappa shape index (κ2) is 6.53. The smallest absolute Gasteiger partial charge is 0.246 e. The Kier molecular flexibility index (Phi) is 4.29. The van der Waals surface area contributed by atoms with Crippen LogP contribution in [0.1, 0.15) is 51.5 Å². The number of carbonyl (C=O) groups is 1. The van der Waals surface area contributed by atoms with Gasteiger partial charge in [-0.3, -0.25) is 9.78 Å². The van der Waals surface area contributed by atoms with Gasteiger partial charge in [0.25, 0.3) is 0 Å². The van der Waals surface area contributed by atoms with E-state index in [1.54, 1.807) is 12.3 Å². The lowest BCUT2D eigenvalue weighted by molar-refractivity contribution is -0.135. The fourth-order valence-corrected chi connectivity index (χ4v) is 7.49. The van der Waals surface area contributed by atoms with Crippen molar-refractivity contribution in [2.75, 3.05) is 7.05 Å². The first-order chi connectivity index (χ1) is 13.8. The highest BCUT2D eigenvalue weighted by atomic mass is 16.3. The van der Waals surface area contributed by atoms with E-state index in [1.807, 2.05) is 24.2 Å². The Labute approximate surface area is 173 Å². The maximum atomic E-state index is 12.6. The van der Waals surface area contributed by atoms with Crippen molar-refractivity contribution < 1.29 is 9.90 Å². The molecule has 4 aliphatic rings. The zero-order chi connectivity index (χ0) is 20.4. The zero-order valence-electron chi connectivity index (χ0n) is 17.7. The van der Waals surface area contributed by atoms with Crippen LogP contribution in [0, 0.1) is 28.6 Å². The number of hydrogen-bond acceptors (Lipinski definition) is 3. The van der Waals surface area contributed by atoms with E-state index < -0.39 is 0 Å². The Morgan fingerprint density at radius 3 is 2.83 bits per heavy atom. The molecule has 1 aromatic rings. The van der Waals surface area contributed by atoms with Crippen molar-refractivity contribution in [3.8, 4) is 0 Å². The maximum Gasteiger partial charge on any atom is 0.246 e. The summed E-state index contributed by atoms with van der Waals surface area (Å²) in [4.78, 5) is 18.8. The van der Waals surface area contributed by atoms with Gasteiger partial charge in [0.05, 0.1) is 12.1 Å². The molecule has 0 aromatic carbocycles. The summed E-state index contributed by atoms with van der Waals surface area (Å²) >= 11 is 0. The summed E-state index contributed by atoms with van der Waals surface area (Å²) in [6.07, 6.45) is 15.1. The third-order valence-electron chi connectivity index (χ3n) is 8.95. The molecule has 29 heavy (non-hydrogen) atoms. The first-order valence-corrected chi connectivity index (χ1v) is 11.1. The standard InChI is InChI=1S/C25H32N2O2/c1-24-10-8-20-18(19(24)6-7-21(24)28)14-17(13-16-5-4-12-26-15-16)23-25(20,2)11-9-22(29)27(23)3/h4-5,9,11-13,15,18-21,23,28H,6-8,10,14H2,1-3H3/t18-,19-,20+,21?,23?,24-,25+/m0/s1. The minimum Gasteiger partial charge on any atom is -0.393 e. The molecule has 1 aliphatic heterocycles. The molecule has 1 N–H and O–H groups in total. The van der Waals surface area contributed by atoms with Gasteiger partial charge < -0.3 is 10.0 Å². The maximum absolute atomic E-state index is 12.6. The van der Waals surface area contributed by atoms with Crippen molar-refractivity contribution in [1.29, 1.82) is 0 Å². The van der Waals surface area contributed by atoms with E-state index in [4.69, 9.17) is 0 Å². The molecule has 1 amide bonds. The average Bonchev–Trinajstić information content (AvgIpc) is 3.01. The Hall–Kier alpha value is -1.94. The number of carbonyl (C=O) groups excluding carboxylic acids is 1. The summed E-state index contributed by atoms with van der Waals surface area (Å²) in [6, 6.07) is 4.16. The summed E-state index contributed by atoms with van der Waals surface area (Å²) in [7, 11) is 1.96. The van der Waals surface area contributed by atoms with E-state index in [9.17, 15) is 9.90 Å². The highest BCUT2D eigenvalue weighted by molar-refractivity contribution is 5.89. The molecule has 5 rings (SSSR count). The van der Waals surface area contributed by atoms with Crippen LogP contribution in [-0.2, 0) is 4.79 Å². The van der Waals surface area contributed by atoms with Gasteiger partial charge in [-0.05, 0) is 78.6 Å². The normalized spacial score (nSPS) is 45.1. The van der Waals surface area contributed by atoms with Crippen LogP contribution in [0.25, 0.3) is 6.08 Å². The van der Waals surface area contributed by atoms with Gasteiger partial charge in [0.2, 0.25) is 5.91 Å². The summed E-state index contributed by atoms with van der Waals surface area (Å²) in [5, 5.41) is 10.8. The van der Waals surface area contributed by atoms with Gasteiger partial charge in [-0.2, -0.15) is 0 Å². The number of aromatic nitrogens is 1. The van der Waals surface area contributed by atoms with Gasteiger partial charge in [0.1, 0.15) is 0 Å². The van der Waals surface area contributed by atoms with Gasteiger partial charge >= 0.3 is 0 Å². The molecule has 3 fully saturated rings. The number of aliphatic hydroxyl groups is 1. The van der Waals surface area contributed by atoms with E-state index >= 15 is 0 Å². The summed E-state index contributed by atoms with van der Waals surface area (Å²) in [5.41, 5.74) is 2.43. The van der Waals surface area contributed by atoms with E-state index in [0.29, 0.717) is 17.8 Å². The predicted molar refractivity (Wildman–Crippen MR) is 114 cm³/mol. The number of fused-ring (bicyclic) bond motifs is 5. The first-order valence-electron chi connectivity index (χ1n) is 11.1. The molecule has 4 nitrogen and oxygen atoms in total. The lowest BCUT2D eigenvalue weighted by Crippen LogP contribution is -2.60. The fraction of sp³-hybridized carbons (Fsp3) is 0.600. The Balaban J connectivity index is 1.62. The Morgan fingerprint density at radius 1 is 1.24 bits per heavy atom. The SMILES string of the molecule is CN1C(=O)C=C[C@@]2(C)C1C(=Cc1cccnc1)C[C@@H]1[C@H]2CC[C@]2(C)C(O)CC[C@@H]12. The molecule has 0 radical (unpaired) electrons. The van der Waals surface area contributed by atoms with E-state index in [-0.39, 0.29) is 28.9 Å². The number of nitrogens with zero attached hydrogens (tertiary/aromatic N) is 2. The zero-order valence-corrected chi connectivity index (χ0v) is 17.7. The van der Waals surface area contributed by atoms with Crippen LogP contribution in [0.15, 0.2) is 42.3 Å². The lowest BCUT2D eigenvalue weighted by Gasteiger charge is -2.60. The molecule has 3 saturated carbocycles. The Morgan fingerprint density at radius 2 is 2.07 bits per heavy atom. The highest BCUT2D eigenvalue weighted by Gasteiger charge is 2.61. The van der Waals surface area contributed by atoms with Crippen LogP contribution >= 0.6 is 0 Å². The van der Waals surface area contributed by atoms with Gasteiger partial charge in [0, 0.05) is 24.9 Å². The number of hydrogen-bond donors (Lipinski definition) is 1. The molecule has 4 heteroatoms. The number of aliphatic hydroxyl groups excluding tert-OH is 1. The van der Waals surface area contributed by atoms with Crippen LogP contribution in [0.3, 0.4) is 0 Å². The van der Waals surface area contributed by atoms with Crippen molar-refractivity contribution in [2.45, 2.75) is 58.1 Å². The Bertz CT molecular complexity index is 878. The molecule has 2 unspecified atom stereocenters. The van der Waals surface area contributed by atoms with Crippen molar-refractivity contribution in [3.63, 3.8) is 0 Å². The molecule has 2 heterocycles. The van der Waals surface area contributed by atoms with Crippen molar-refractivity contribution in [1.82, 2.24) is 9.88 Å².